The van der Waals surface area contributed by atoms with Gasteiger partial charge in [-0.05, 0) is 71.3 Å². The molecular formula is C28H22O7. The van der Waals surface area contributed by atoms with Crippen LogP contribution in [0.4, 0.5) is 0 Å². The molecule has 0 spiro atoms. The van der Waals surface area contributed by atoms with Crippen molar-refractivity contribution in [2.24, 2.45) is 0 Å². The number of rotatable bonds is 4. The van der Waals surface area contributed by atoms with Crippen LogP contribution in [0.2, 0.25) is 0 Å². The molecule has 35 heavy (non-hydrogen) atoms. The third-order valence-electron chi connectivity index (χ3n) is 6.54. The van der Waals surface area contributed by atoms with Crippen LogP contribution in [0.1, 0.15) is 50.4 Å². The van der Waals surface area contributed by atoms with E-state index in [4.69, 9.17) is 0 Å². The highest BCUT2D eigenvalue weighted by Crippen LogP contribution is 2.59. The van der Waals surface area contributed by atoms with E-state index in [1.54, 1.807) is 12.1 Å². The van der Waals surface area contributed by atoms with E-state index < -0.39 is 17.8 Å². The van der Waals surface area contributed by atoms with Crippen molar-refractivity contribution in [3.8, 4) is 34.5 Å². The summed E-state index contributed by atoms with van der Waals surface area (Å²) in [4.78, 5) is 13.9. The van der Waals surface area contributed by atoms with Crippen LogP contribution in [-0.4, -0.2) is 36.4 Å². The van der Waals surface area contributed by atoms with Gasteiger partial charge in [-0.1, -0.05) is 12.1 Å². The Morgan fingerprint density at radius 3 is 1.71 bits per heavy atom. The fourth-order valence-corrected chi connectivity index (χ4v) is 5.17. The van der Waals surface area contributed by atoms with Crippen LogP contribution in [0.3, 0.4) is 0 Å². The van der Waals surface area contributed by atoms with E-state index in [0.29, 0.717) is 27.8 Å². The van der Waals surface area contributed by atoms with Crippen LogP contribution in [0.5, 0.6) is 34.5 Å². The minimum absolute atomic E-state index is 0.00635. The fraction of sp³-hybridized carbons (Fsp3) is 0.107. The molecule has 4 aromatic carbocycles. The summed E-state index contributed by atoms with van der Waals surface area (Å²) >= 11 is 0. The van der Waals surface area contributed by atoms with Gasteiger partial charge in [0.1, 0.15) is 34.5 Å². The number of fused-ring (bicyclic) bond motifs is 1. The van der Waals surface area contributed by atoms with Crippen molar-refractivity contribution in [3.63, 3.8) is 0 Å². The average molecular weight is 470 g/mol. The summed E-state index contributed by atoms with van der Waals surface area (Å²) in [5.74, 6) is -3.24. The molecule has 1 aliphatic rings. The van der Waals surface area contributed by atoms with Crippen LogP contribution in [0.15, 0.2) is 78.9 Å². The van der Waals surface area contributed by atoms with Crippen molar-refractivity contribution in [1.82, 2.24) is 0 Å². The van der Waals surface area contributed by atoms with Gasteiger partial charge in [-0.2, -0.15) is 0 Å². The highest BCUT2D eigenvalue weighted by molar-refractivity contribution is 6.03. The van der Waals surface area contributed by atoms with Crippen molar-refractivity contribution < 1.29 is 35.4 Å². The zero-order chi connectivity index (χ0) is 24.9. The maximum atomic E-state index is 13.9. The molecule has 1 aliphatic carbocycles. The van der Waals surface area contributed by atoms with Crippen LogP contribution in [-0.2, 0) is 0 Å². The minimum atomic E-state index is -0.869. The summed E-state index contributed by atoms with van der Waals surface area (Å²) in [5.41, 5.74) is 2.26. The molecule has 176 valence electrons. The molecule has 0 aromatic heterocycles. The topological polar surface area (TPSA) is 138 Å². The Labute approximate surface area is 200 Å². The van der Waals surface area contributed by atoms with E-state index in [1.165, 1.54) is 66.7 Å². The van der Waals surface area contributed by atoms with Crippen LogP contribution in [0, 0.1) is 0 Å². The molecule has 0 radical (unpaired) electrons. The fourth-order valence-electron chi connectivity index (χ4n) is 5.17. The molecule has 7 nitrogen and oxygen atoms in total. The van der Waals surface area contributed by atoms with Gasteiger partial charge < -0.3 is 30.6 Å². The molecule has 0 saturated carbocycles. The lowest BCUT2D eigenvalue weighted by molar-refractivity contribution is 0.0949. The molecule has 7 heteroatoms. The first kappa shape index (κ1) is 22.2. The van der Waals surface area contributed by atoms with Gasteiger partial charge in [-0.15, -0.1) is 0 Å². The normalized spacial score (nSPS) is 18.8. The Balaban J connectivity index is 1.79. The molecular weight excluding hydrogens is 448 g/mol. The lowest BCUT2D eigenvalue weighted by atomic mass is 9.75. The molecule has 4 aromatic rings. The zero-order valence-electron chi connectivity index (χ0n) is 18.3. The standard InChI is InChI=1S/C28H22O7/c29-17-5-1-14(2-6-17)24-25(16-9-19(31)11-20(32)10-16)26-22(12-21(33)13-23(26)34)27(24)28(35)15-3-7-18(30)8-4-15/h1-13,24-25,27,29-34H. The molecule has 3 unspecified atom stereocenters. The van der Waals surface area contributed by atoms with Gasteiger partial charge in [-0.25, -0.2) is 0 Å². The highest BCUT2D eigenvalue weighted by Gasteiger charge is 2.48. The van der Waals surface area contributed by atoms with Crippen LogP contribution in [0.25, 0.3) is 0 Å². The summed E-state index contributed by atoms with van der Waals surface area (Å²) in [6.45, 7) is 0. The first-order valence-corrected chi connectivity index (χ1v) is 10.9. The summed E-state index contributed by atoms with van der Waals surface area (Å²) in [6, 6.07) is 18.9. The number of phenols is 6. The molecule has 3 atom stereocenters. The molecule has 0 amide bonds. The van der Waals surface area contributed by atoms with E-state index in [-0.39, 0.29) is 40.3 Å². The summed E-state index contributed by atoms with van der Waals surface area (Å²) in [7, 11) is 0. The number of aromatic hydroxyl groups is 6. The Kier molecular flexibility index (Phi) is 5.25. The average Bonchev–Trinajstić information content (AvgIpc) is 3.14. The van der Waals surface area contributed by atoms with Gasteiger partial charge in [0.15, 0.2) is 5.78 Å². The van der Waals surface area contributed by atoms with E-state index in [2.05, 4.69) is 0 Å². The number of hydrogen-bond acceptors (Lipinski definition) is 7. The molecule has 0 bridgehead atoms. The summed E-state index contributed by atoms with van der Waals surface area (Å²) in [5, 5.41) is 61.2. The molecule has 0 saturated heterocycles. The second kappa shape index (κ2) is 8.29. The van der Waals surface area contributed by atoms with Crippen molar-refractivity contribution in [2.75, 3.05) is 0 Å². The third kappa shape index (κ3) is 3.87. The Hall–Kier alpha value is -4.65. The van der Waals surface area contributed by atoms with Gasteiger partial charge in [0.05, 0.1) is 5.92 Å². The zero-order valence-corrected chi connectivity index (χ0v) is 18.3. The number of hydrogen-bond donors (Lipinski definition) is 6. The molecule has 6 N–H and O–H groups in total. The summed E-state index contributed by atoms with van der Waals surface area (Å²) in [6.07, 6.45) is 0. The number of ketones is 1. The predicted molar refractivity (Wildman–Crippen MR) is 127 cm³/mol. The monoisotopic (exact) mass is 470 g/mol. The Morgan fingerprint density at radius 1 is 0.571 bits per heavy atom. The van der Waals surface area contributed by atoms with Gasteiger partial charge in [0, 0.05) is 35.1 Å². The molecule has 0 aliphatic heterocycles. The maximum Gasteiger partial charge on any atom is 0.170 e. The first-order valence-electron chi connectivity index (χ1n) is 10.9. The second-order valence-corrected chi connectivity index (χ2v) is 8.73. The Morgan fingerprint density at radius 2 is 1.11 bits per heavy atom. The van der Waals surface area contributed by atoms with Gasteiger partial charge in [0.25, 0.3) is 0 Å². The quantitative estimate of drug-likeness (QED) is 0.235. The number of phenolic OH excluding ortho intramolecular Hbond substituents is 6. The predicted octanol–water partition coefficient (Wildman–Crippen LogP) is 4.82. The molecule has 0 fully saturated rings. The smallest absolute Gasteiger partial charge is 0.170 e. The SMILES string of the molecule is O=C(c1ccc(O)cc1)C1c2cc(O)cc(O)c2C(c2cc(O)cc(O)c2)C1c1ccc(O)cc1. The number of carbonyl (C=O) groups is 1. The van der Waals surface area contributed by atoms with Gasteiger partial charge in [-0.3, -0.25) is 4.79 Å². The largest absolute Gasteiger partial charge is 0.508 e. The second-order valence-electron chi connectivity index (χ2n) is 8.73. The maximum absolute atomic E-state index is 13.9. The highest BCUT2D eigenvalue weighted by atomic mass is 16.3. The van der Waals surface area contributed by atoms with Crippen LogP contribution >= 0.6 is 0 Å². The van der Waals surface area contributed by atoms with Gasteiger partial charge >= 0.3 is 0 Å². The van der Waals surface area contributed by atoms with Gasteiger partial charge in [0.2, 0.25) is 0 Å². The van der Waals surface area contributed by atoms with Crippen molar-refractivity contribution >= 4 is 5.78 Å². The van der Waals surface area contributed by atoms with Crippen molar-refractivity contribution in [3.05, 3.63) is 107 Å². The van der Waals surface area contributed by atoms with E-state index in [0.717, 1.165) is 0 Å². The number of carbonyl (C=O) groups excluding carboxylic acids is 1. The Bertz CT molecular complexity index is 1410. The molecule has 5 rings (SSSR count). The number of benzene rings is 4. The summed E-state index contributed by atoms with van der Waals surface area (Å²) < 4.78 is 0. The van der Waals surface area contributed by atoms with Crippen LogP contribution < -0.4 is 0 Å². The van der Waals surface area contributed by atoms with E-state index >= 15 is 0 Å². The minimum Gasteiger partial charge on any atom is -0.508 e. The lowest BCUT2D eigenvalue weighted by Crippen LogP contribution is -2.19. The van der Waals surface area contributed by atoms with E-state index in [1.807, 2.05) is 0 Å². The third-order valence-corrected chi connectivity index (χ3v) is 6.54. The first-order chi connectivity index (χ1) is 16.7. The van der Waals surface area contributed by atoms with E-state index in [9.17, 15) is 35.4 Å². The van der Waals surface area contributed by atoms with Crippen molar-refractivity contribution in [1.29, 1.82) is 0 Å². The van der Waals surface area contributed by atoms with Crippen molar-refractivity contribution in [2.45, 2.75) is 17.8 Å². The molecule has 0 heterocycles. The number of Topliss-reactive ketones (excluding diaryl/α,β-unsaturated/α-hetero) is 1. The lowest BCUT2D eigenvalue weighted by Gasteiger charge is -2.26.